The number of rotatable bonds is 4. The molecule has 34 heavy (non-hydrogen) atoms. The van der Waals surface area contributed by atoms with E-state index in [4.69, 9.17) is 9.90 Å². The number of halogens is 3. The monoisotopic (exact) mass is 480 g/mol. The predicted molar refractivity (Wildman–Crippen MR) is 120 cm³/mol. The van der Waals surface area contributed by atoms with Gasteiger partial charge in [0.2, 0.25) is 5.91 Å². The molecule has 1 unspecified atom stereocenters. The van der Waals surface area contributed by atoms with E-state index in [1.165, 1.54) is 29.5 Å². The number of alkyl halides is 3. The lowest BCUT2D eigenvalue weighted by Gasteiger charge is -2.40. The topological polar surface area (TPSA) is 78.7 Å². The number of fused-ring (bicyclic) bond motifs is 2. The molecule has 1 N–H and O–H groups in total. The Morgan fingerprint density at radius 2 is 1.82 bits per heavy atom. The fourth-order valence-corrected chi connectivity index (χ4v) is 5.03. The van der Waals surface area contributed by atoms with Gasteiger partial charge in [-0.15, -0.1) is 0 Å². The van der Waals surface area contributed by atoms with Gasteiger partial charge < -0.3 is 10.0 Å². The number of hydrogen-bond acceptors (Lipinski definition) is 4. The summed E-state index contributed by atoms with van der Waals surface area (Å²) < 4.78 is 33.6. The Hall–Kier alpha value is -2.88. The molecular formula is C24H31F3N4O3. The maximum Gasteiger partial charge on any atom is 0.490 e. The van der Waals surface area contributed by atoms with Gasteiger partial charge in [0.05, 0.1) is 6.20 Å². The van der Waals surface area contributed by atoms with Gasteiger partial charge in [-0.25, -0.2) is 4.79 Å². The molecule has 2 aromatic rings. The Balaban J connectivity index is 0.000000406. The van der Waals surface area contributed by atoms with Gasteiger partial charge in [0.25, 0.3) is 0 Å². The molecular weight excluding hydrogens is 449 g/mol. The summed E-state index contributed by atoms with van der Waals surface area (Å²) in [4.78, 5) is 25.5. The lowest BCUT2D eigenvalue weighted by molar-refractivity contribution is -0.192. The molecule has 0 radical (unpaired) electrons. The fraction of sp³-hybridized carbons (Fsp3) is 0.542. The van der Waals surface area contributed by atoms with Crippen LogP contribution in [0.15, 0.2) is 36.7 Å². The van der Waals surface area contributed by atoms with Gasteiger partial charge in [0.1, 0.15) is 0 Å². The molecule has 1 spiro atoms. The summed E-state index contributed by atoms with van der Waals surface area (Å²) in [6, 6.07) is 8.85. The van der Waals surface area contributed by atoms with Crippen molar-refractivity contribution in [2.45, 2.75) is 49.7 Å². The zero-order chi connectivity index (χ0) is 25.1. The van der Waals surface area contributed by atoms with Gasteiger partial charge in [0.15, 0.2) is 0 Å². The molecule has 1 fully saturated rings. The van der Waals surface area contributed by atoms with Crippen LogP contribution in [0.1, 0.15) is 48.3 Å². The average molecular weight is 481 g/mol. The van der Waals surface area contributed by atoms with Crippen LogP contribution in [0.4, 0.5) is 13.2 Å². The molecule has 1 amide bonds. The maximum atomic E-state index is 12.3. The number of likely N-dealkylation sites (tertiary alicyclic amines) is 1. The first-order chi connectivity index (χ1) is 15.9. The van der Waals surface area contributed by atoms with E-state index in [9.17, 15) is 18.0 Å². The number of benzene rings is 1. The Bertz CT molecular complexity index is 1010. The second-order valence-corrected chi connectivity index (χ2v) is 9.36. The van der Waals surface area contributed by atoms with E-state index in [1.54, 1.807) is 4.90 Å². The Labute approximate surface area is 197 Å². The molecule has 1 aromatic carbocycles. The number of nitrogens with zero attached hydrogens (tertiary/aromatic N) is 4. The van der Waals surface area contributed by atoms with Crippen molar-refractivity contribution in [1.29, 1.82) is 0 Å². The fourth-order valence-electron chi connectivity index (χ4n) is 5.03. The Morgan fingerprint density at radius 1 is 1.21 bits per heavy atom. The third kappa shape index (κ3) is 5.97. The maximum absolute atomic E-state index is 12.3. The molecule has 7 nitrogen and oxygen atoms in total. The molecule has 1 aromatic heterocycles. The van der Waals surface area contributed by atoms with Crippen LogP contribution in [-0.2, 0) is 28.6 Å². The van der Waals surface area contributed by atoms with Crippen molar-refractivity contribution in [2.24, 2.45) is 7.05 Å². The van der Waals surface area contributed by atoms with Crippen molar-refractivity contribution in [1.82, 2.24) is 19.6 Å². The molecule has 0 bridgehead atoms. The predicted octanol–water partition coefficient (Wildman–Crippen LogP) is 3.55. The minimum absolute atomic E-state index is 0.237. The first kappa shape index (κ1) is 25.7. The van der Waals surface area contributed by atoms with E-state index in [-0.39, 0.29) is 11.3 Å². The van der Waals surface area contributed by atoms with Crippen LogP contribution in [0.25, 0.3) is 0 Å². The van der Waals surface area contributed by atoms with Crippen molar-refractivity contribution < 1.29 is 27.9 Å². The molecule has 2 aliphatic rings. The highest BCUT2D eigenvalue weighted by atomic mass is 19.4. The van der Waals surface area contributed by atoms with E-state index in [0.717, 1.165) is 26.1 Å². The van der Waals surface area contributed by atoms with E-state index in [2.05, 4.69) is 40.5 Å². The highest BCUT2D eigenvalue weighted by Gasteiger charge is 2.45. The molecule has 4 rings (SSSR count). The number of hydrogen-bond donors (Lipinski definition) is 1. The third-order valence-corrected chi connectivity index (χ3v) is 6.75. The van der Waals surface area contributed by atoms with E-state index < -0.39 is 12.1 Å². The van der Waals surface area contributed by atoms with Gasteiger partial charge in [-0.1, -0.05) is 24.3 Å². The van der Waals surface area contributed by atoms with E-state index in [0.29, 0.717) is 12.3 Å². The molecule has 1 aliphatic heterocycles. The summed E-state index contributed by atoms with van der Waals surface area (Å²) in [5.74, 6) is -2.16. The second kappa shape index (κ2) is 10.2. The third-order valence-electron chi connectivity index (χ3n) is 6.75. The SMILES string of the molecule is CN(C)C(=O)CC1CC2(CCN(Cc3cnn(C)c3)CC2)c2ccccc21.O=C(O)C(F)(F)F. The number of carbonyl (C=O) groups is 2. The van der Waals surface area contributed by atoms with Crippen LogP contribution in [0.2, 0.25) is 0 Å². The van der Waals surface area contributed by atoms with Crippen LogP contribution in [0, 0.1) is 0 Å². The number of carbonyl (C=O) groups excluding carboxylic acids is 1. The van der Waals surface area contributed by atoms with E-state index in [1.807, 2.05) is 32.0 Å². The molecule has 0 saturated carbocycles. The average Bonchev–Trinajstić information content (AvgIpc) is 3.31. The summed E-state index contributed by atoms with van der Waals surface area (Å²) in [5.41, 5.74) is 4.45. The smallest absolute Gasteiger partial charge is 0.475 e. The van der Waals surface area contributed by atoms with Crippen LogP contribution in [0.5, 0.6) is 0 Å². The molecule has 1 saturated heterocycles. The number of carboxylic acids is 1. The standard InChI is InChI=1S/C22H30N4O.C2HF3O2/c1-24(2)21(27)12-18-13-22(20-7-5-4-6-19(18)20)8-10-26(11-9-22)16-17-14-23-25(3)15-17;3-2(4,5)1(6)7/h4-7,14-15,18H,8-13,16H2,1-3H3;(H,6,7). The summed E-state index contributed by atoms with van der Waals surface area (Å²) in [7, 11) is 5.69. The number of amides is 1. The highest BCUT2D eigenvalue weighted by molar-refractivity contribution is 5.77. The minimum Gasteiger partial charge on any atom is -0.475 e. The molecule has 186 valence electrons. The minimum atomic E-state index is -5.08. The zero-order valence-corrected chi connectivity index (χ0v) is 19.7. The largest absolute Gasteiger partial charge is 0.490 e. The number of piperidine rings is 1. The van der Waals surface area contributed by atoms with Crippen LogP contribution < -0.4 is 0 Å². The molecule has 10 heteroatoms. The Morgan fingerprint density at radius 3 is 2.35 bits per heavy atom. The van der Waals surface area contributed by atoms with Gasteiger partial charge >= 0.3 is 12.1 Å². The van der Waals surface area contributed by atoms with Crippen LogP contribution >= 0.6 is 0 Å². The first-order valence-corrected chi connectivity index (χ1v) is 11.2. The van der Waals surface area contributed by atoms with Gasteiger partial charge in [-0.3, -0.25) is 14.4 Å². The summed E-state index contributed by atoms with van der Waals surface area (Å²) in [5, 5.41) is 11.4. The van der Waals surface area contributed by atoms with Crippen molar-refractivity contribution in [3.05, 3.63) is 53.3 Å². The normalized spacial score (nSPS) is 19.3. The van der Waals surface area contributed by atoms with Crippen molar-refractivity contribution in [3.8, 4) is 0 Å². The molecule has 1 atom stereocenters. The summed E-state index contributed by atoms with van der Waals surface area (Å²) >= 11 is 0. The van der Waals surface area contributed by atoms with Crippen molar-refractivity contribution in [2.75, 3.05) is 27.2 Å². The number of carboxylic acid groups (broad SMARTS) is 1. The number of aliphatic carboxylic acids is 1. The number of aromatic nitrogens is 2. The second-order valence-electron chi connectivity index (χ2n) is 9.36. The lowest BCUT2D eigenvalue weighted by atomic mass is 9.73. The van der Waals surface area contributed by atoms with Crippen LogP contribution in [-0.4, -0.2) is 69.9 Å². The van der Waals surface area contributed by atoms with Crippen LogP contribution in [0.3, 0.4) is 0 Å². The van der Waals surface area contributed by atoms with Gasteiger partial charge in [-0.2, -0.15) is 18.3 Å². The summed E-state index contributed by atoms with van der Waals surface area (Å²) in [6.45, 7) is 3.20. The highest BCUT2D eigenvalue weighted by Crippen LogP contribution is 2.52. The van der Waals surface area contributed by atoms with Gasteiger partial charge in [0, 0.05) is 45.9 Å². The molecule has 2 heterocycles. The summed E-state index contributed by atoms with van der Waals surface area (Å²) in [6.07, 6.45) is 3.10. The first-order valence-electron chi connectivity index (χ1n) is 11.2. The number of aryl methyl sites for hydroxylation is 1. The zero-order valence-electron chi connectivity index (χ0n) is 19.7. The van der Waals surface area contributed by atoms with Gasteiger partial charge in [-0.05, 0) is 54.8 Å². The van der Waals surface area contributed by atoms with Crippen molar-refractivity contribution >= 4 is 11.9 Å². The lowest BCUT2D eigenvalue weighted by Crippen LogP contribution is -2.41. The molecule has 1 aliphatic carbocycles. The van der Waals surface area contributed by atoms with E-state index >= 15 is 0 Å². The quantitative estimate of drug-likeness (QED) is 0.724. The Kier molecular flexibility index (Phi) is 7.70. The van der Waals surface area contributed by atoms with Crippen molar-refractivity contribution in [3.63, 3.8) is 0 Å².